The van der Waals surface area contributed by atoms with Crippen LogP contribution >= 0.6 is 0 Å². The maximum absolute atomic E-state index is 13.0. The monoisotopic (exact) mass is 620 g/mol. The Morgan fingerprint density at radius 1 is 0.955 bits per heavy atom. The number of fused-ring (bicyclic) bond motifs is 7. The average molecular weight is 621 g/mol. The number of allylic oxidation sites excluding steroid dienone is 1. The van der Waals surface area contributed by atoms with Crippen molar-refractivity contribution in [3.8, 4) is 0 Å². The topological polar surface area (TPSA) is 157 Å². The average Bonchev–Trinajstić information content (AvgIpc) is 2.96. The van der Waals surface area contributed by atoms with Crippen LogP contribution in [-0.2, 0) is 14.3 Å². The summed E-state index contributed by atoms with van der Waals surface area (Å²) in [5.41, 5.74) is -1.99. The molecular weight excluding hydrogens is 564 g/mol. The first kappa shape index (κ1) is 32.9. The molecule has 0 aromatic carbocycles. The van der Waals surface area contributed by atoms with Crippen molar-refractivity contribution < 1.29 is 44.9 Å². The molecule has 0 spiro atoms. The lowest BCUT2D eigenvalue weighted by Crippen LogP contribution is -2.68. The van der Waals surface area contributed by atoms with Crippen LogP contribution in [0.1, 0.15) is 99.3 Å². The predicted octanol–water partition coefficient (Wildman–Crippen LogP) is 3.64. The van der Waals surface area contributed by atoms with Crippen LogP contribution in [0.3, 0.4) is 0 Å². The maximum Gasteiger partial charge on any atom is 0.310 e. The molecule has 5 aliphatic carbocycles. The summed E-state index contributed by atoms with van der Waals surface area (Å²) in [4.78, 5) is 13.0. The van der Waals surface area contributed by atoms with E-state index < -0.39 is 59.0 Å². The fraction of sp³-hybridized carbons (Fsp3) is 0.914. The van der Waals surface area contributed by atoms with Crippen LogP contribution < -0.4 is 0 Å². The largest absolute Gasteiger partial charge is 0.481 e. The van der Waals surface area contributed by atoms with E-state index in [0.29, 0.717) is 31.6 Å². The third-order valence-corrected chi connectivity index (χ3v) is 15.3. The zero-order chi connectivity index (χ0) is 32.3. The van der Waals surface area contributed by atoms with E-state index in [1.165, 1.54) is 0 Å². The first-order valence-electron chi connectivity index (χ1n) is 17.0. The van der Waals surface area contributed by atoms with Crippen molar-refractivity contribution in [2.24, 2.45) is 50.7 Å². The summed E-state index contributed by atoms with van der Waals surface area (Å²) >= 11 is 0. The molecule has 1 heterocycles. The molecule has 1 saturated heterocycles. The molecule has 0 aromatic heterocycles. The molecule has 250 valence electrons. The number of rotatable bonds is 4. The molecule has 44 heavy (non-hydrogen) atoms. The lowest BCUT2D eigenvalue weighted by atomic mass is 9.33. The Bertz CT molecular complexity index is 1190. The van der Waals surface area contributed by atoms with Gasteiger partial charge in [0.2, 0.25) is 0 Å². The summed E-state index contributed by atoms with van der Waals surface area (Å²) in [5, 5.41) is 64.4. The Hall–Kier alpha value is -1.07. The lowest BCUT2D eigenvalue weighted by Gasteiger charge is -2.72. The summed E-state index contributed by atoms with van der Waals surface area (Å²) < 4.78 is 12.0. The summed E-state index contributed by atoms with van der Waals surface area (Å²) in [7, 11) is 0. The number of aliphatic hydroxyl groups is 5. The summed E-state index contributed by atoms with van der Waals surface area (Å²) in [6.45, 7) is 12.9. The molecule has 0 aromatic rings. The minimum absolute atomic E-state index is 0.0126. The van der Waals surface area contributed by atoms with Crippen molar-refractivity contribution >= 4 is 5.97 Å². The van der Waals surface area contributed by atoms with Crippen molar-refractivity contribution in [1.29, 1.82) is 0 Å². The van der Waals surface area contributed by atoms with Crippen molar-refractivity contribution in [2.45, 2.75) is 136 Å². The van der Waals surface area contributed by atoms with Crippen LogP contribution in [0.2, 0.25) is 0 Å². The van der Waals surface area contributed by atoms with Crippen LogP contribution in [0.25, 0.3) is 0 Å². The van der Waals surface area contributed by atoms with Gasteiger partial charge in [0.15, 0.2) is 6.29 Å². The Labute approximate surface area is 262 Å². The first-order chi connectivity index (χ1) is 20.4. The normalized spacial score (nSPS) is 57.2. The second kappa shape index (κ2) is 10.5. The summed E-state index contributed by atoms with van der Waals surface area (Å²) in [6, 6.07) is 0. The van der Waals surface area contributed by atoms with Crippen LogP contribution in [-0.4, -0.2) is 86.1 Å². The van der Waals surface area contributed by atoms with Gasteiger partial charge in [0, 0.05) is 11.3 Å². The number of aliphatic carboxylic acids is 1. The van der Waals surface area contributed by atoms with Gasteiger partial charge in [-0.3, -0.25) is 4.79 Å². The van der Waals surface area contributed by atoms with Gasteiger partial charge < -0.3 is 40.1 Å². The molecule has 5 fully saturated rings. The van der Waals surface area contributed by atoms with Crippen LogP contribution in [0, 0.1) is 50.7 Å². The smallest absolute Gasteiger partial charge is 0.310 e. The minimum atomic E-state index is -1.38. The Balaban J connectivity index is 1.34. The standard InChI is InChI=1S/C35H56O9/c1-19-9-14-35(29(40)41)16-15-32(4)20(27(35)34(19,6)42)7-8-23-30(2)12-11-24(44-28-26(39)25(38)21(37)17-43-28)31(3,18-36)22(30)10-13-33(23,32)5/h7,19,21-28,36-39,42H,8-18H2,1-6H3,(H,40,41)/t19-,21+,22-,23-,24+,25+,26-,27-,28+,30+,31+,32-,33-,34-,35+/m1/s1. The van der Waals surface area contributed by atoms with Gasteiger partial charge >= 0.3 is 5.97 Å². The second-order valence-electron chi connectivity index (χ2n) is 16.9. The van der Waals surface area contributed by atoms with E-state index in [1.807, 2.05) is 6.92 Å². The highest BCUT2D eigenvalue weighted by Gasteiger charge is 2.71. The molecule has 9 heteroatoms. The fourth-order valence-electron chi connectivity index (χ4n) is 12.1. The minimum Gasteiger partial charge on any atom is -0.481 e. The third-order valence-electron chi connectivity index (χ3n) is 15.3. The van der Waals surface area contributed by atoms with Gasteiger partial charge in [0.1, 0.15) is 18.3 Å². The summed E-state index contributed by atoms with van der Waals surface area (Å²) in [5.74, 6) is -0.747. The van der Waals surface area contributed by atoms with Gasteiger partial charge in [0.05, 0.1) is 30.3 Å². The van der Waals surface area contributed by atoms with Gasteiger partial charge in [-0.25, -0.2) is 0 Å². The van der Waals surface area contributed by atoms with Crippen LogP contribution in [0.5, 0.6) is 0 Å². The molecular formula is C35H56O9. The van der Waals surface area contributed by atoms with E-state index in [-0.39, 0.29) is 41.3 Å². The van der Waals surface area contributed by atoms with Crippen molar-refractivity contribution in [1.82, 2.24) is 0 Å². The number of hydrogen-bond donors (Lipinski definition) is 6. The second-order valence-corrected chi connectivity index (χ2v) is 16.9. The SMILES string of the molecule is C[C@@H]1CC[C@]2(C(=O)O)CC[C@]3(C)C(=CC[C@@H]4[C@@]5(C)CC[C@H](O[C@@H]6OC[C@H](O)[C@H](O)[C@H]6O)[C@@](C)(CO)[C@@H]5CC[C@]43C)[C@@H]2[C@]1(C)O. The van der Waals surface area contributed by atoms with E-state index in [2.05, 4.69) is 40.7 Å². The van der Waals surface area contributed by atoms with E-state index in [0.717, 1.165) is 37.7 Å². The number of hydrogen-bond acceptors (Lipinski definition) is 8. The third kappa shape index (κ3) is 4.12. The van der Waals surface area contributed by atoms with E-state index >= 15 is 0 Å². The summed E-state index contributed by atoms with van der Waals surface area (Å²) in [6.07, 6.45) is 3.74. The molecule has 0 radical (unpaired) electrons. The lowest BCUT2D eigenvalue weighted by molar-refractivity contribution is -0.312. The van der Waals surface area contributed by atoms with Crippen molar-refractivity contribution in [3.05, 3.63) is 11.6 Å². The zero-order valence-electron chi connectivity index (χ0n) is 27.5. The highest BCUT2D eigenvalue weighted by atomic mass is 16.7. The molecule has 4 saturated carbocycles. The molecule has 9 nitrogen and oxygen atoms in total. The van der Waals surface area contributed by atoms with Gasteiger partial charge in [-0.15, -0.1) is 0 Å². The fourth-order valence-corrected chi connectivity index (χ4v) is 12.1. The van der Waals surface area contributed by atoms with Crippen molar-refractivity contribution in [2.75, 3.05) is 13.2 Å². The van der Waals surface area contributed by atoms with E-state index in [9.17, 15) is 35.4 Å². The highest BCUT2D eigenvalue weighted by molar-refractivity contribution is 5.77. The predicted molar refractivity (Wildman–Crippen MR) is 162 cm³/mol. The molecule has 6 aliphatic rings. The Kier molecular flexibility index (Phi) is 7.81. The number of carboxylic acids is 1. The maximum atomic E-state index is 13.0. The quantitative estimate of drug-likeness (QED) is 0.204. The molecule has 1 aliphatic heterocycles. The number of carbonyl (C=O) groups is 1. The van der Waals surface area contributed by atoms with E-state index in [4.69, 9.17) is 9.47 Å². The zero-order valence-corrected chi connectivity index (χ0v) is 27.5. The first-order valence-corrected chi connectivity index (χ1v) is 17.0. The highest BCUT2D eigenvalue weighted by Crippen LogP contribution is 2.76. The van der Waals surface area contributed by atoms with Gasteiger partial charge in [-0.05, 0) is 98.7 Å². The Morgan fingerprint density at radius 3 is 2.32 bits per heavy atom. The molecule has 0 amide bonds. The number of aliphatic hydroxyl groups excluding tert-OH is 4. The molecule has 6 N–H and O–H groups in total. The number of ether oxygens (including phenoxy) is 2. The van der Waals surface area contributed by atoms with Crippen LogP contribution in [0.15, 0.2) is 11.6 Å². The Morgan fingerprint density at radius 2 is 1.66 bits per heavy atom. The molecule has 15 atom stereocenters. The van der Waals surface area contributed by atoms with Gasteiger partial charge in [0.25, 0.3) is 0 Å². The molecule has 0 bridgehead atoms. The van der Waals surface area contributed by atoms with Crippen molar-refractivity contribution in [3.63, 3.8) is 0 Å². The van der Waals surface area contributed by atoms with Gasteiger partial charge in [-0.2, -0.15) is 0 Å². The van der Waals surface area contributed by atoms with Gasteiger partial charge in [-0.1, -0.05) is 46.3 Å². The van der Waals surface area contributed by atoms with Crippen LogP contribution in [0.4, 0.5) is 0 Å². The molecule has 0 unspecified atom stereocenters. The van der Waals surface area contributed by atoms with E-state index in [1.54, 1.807) is 0 Å². The number of carboxylic acid groups (broad SMARTS) is 1. The molecule has 6 rings (SSSR count).